The highest BCUT2D eigenvalue weighted by atomic mass is 32.2. The zero-order chi connectivity index (χ0) is 27.0. The van der Waals surface area contributed by atoms with Gasteiger partial charge in [0.1, 0.15) is 30.0 Å². The Morgan fingerprint density at radius 2 is 1.29 bits per heavy atom. The monoisotopic (exact) mass is 540 g/mol. The van der Waals surface area contributed by atoms with E-state index >= 15 is 0 Å². The van der Waals surface area contributed by atoms with E-state index in [0.29, 0.717) is 0 Å². The fourth-order valence-electron chi connectivity index (χ4n) is 5.28. The number of aliphatic hydroxyl groups is 1. The summed E-state index contributed by atoms with van der Waals surface area (Å²) in [4.78, 5) is 0. The van der Waals surface area contributed by atoms with Crippen molar-refractivity contribution in [2.45, 2.75) is 55.9 Å². The van der Waals surface area contributed by atoms with Gasteiger partial charge in [-0.15, -0.1) is 0 Å². The van der Waals surface area contributed by atoms with Gasteiger partial charge in [0.2, 0.25) is 0 Å². The maximum Gasteiger partial charge on any atom is 0.264 e. The van der Waals surface area contributed by atoms with Crippen LogP contribution in [0.1, 0.15) is 30.5 Å². The highest BCUT2D eigenvalue weighted by molar-refractivity contribution is 7.86. The van der Waals surface area contributed by atoms with Crippen LogP contribution in [0.3, 0.4) is 0 Å². The summed E-state index contributed by atoms with van der Waals surface area (Å²) in [6.45, 7) is 3.25. The van der Waals surface area contributed by atoms with E-state index in [4.69, 9.17) is 23.1 Å². The van der Waals surface area contributed by atoms with Gasteiger partial charge in [-0.05, 0) is 30.5 Å². The Labute approximate surface area is 223 Å². The molecule has 0 aliphatic carbocycles. The summed E-state index contributed by atoms with van der Waals surface area (Å²) < 4.78 is 54.6. The molecular weight excluding hydrogens is 508 g/mol. The lowest BCUT2D eigenvalue weighted by Crippen LogP contribution is -2.46. The fourth-order valence-corrected chi connectivity index (χ4v) is 5.90. The van der Waals surface area contributed by atoms with E-state index in [1.54, 1.807) is 13.8 Å². The Morgan fingerprint density at radius 3 is 1.74 bits per heavy atom. The molecular formula is C29H32O8S. The van der Waals surface area contributed by atoms with Crippen LogP contribution in [-0.2, 0) is 38.8 Å². The highest BCUT2D eigenvalue weighted by Crippen LogP contribution is 2.43. The molecule has 0 amide bonds. The molecule has 9 heteroatoms. The fraction of sp³-hybridized carbons (Fsp3) is 0.379. The SMILES string of the molecule is CC1(C)O[C@H]2[C@@H]([C@H](COC(c3ccccc3)(c3ccccc3)c3ccccc3)OS(C)(=O)=O)OC(O)[C@H]2O1. The number of aliphatic hydroxyl groups excluding tert-OH is 1. The first kappa shape index (κ1) is 27.0. The van der Waals surface area contributed by atoms with Crippen molar-refractivity contribution >= 4 is 10.1 Å². The Hall–Kier alpha value is -2.63. The molecule has 8 nitrogen and oxygen atoms in total. The molecule has 2 aliphatic rings. The number of hydrogen-bond donors (Lipinski definition) is 1. The Balaban J connectivity index is 1.57. The van der Waals surface area contributed by atoms with Gasteiger partial charge in [0.05, 0.1) is 12.9 Å². The average Bonchev–Trinajstić information content (AvgIpc) is 3.37. The largest absolute Gasteiger partial charge is 0.366 e. The number of rotatable bonds is 9. The Kier molecular flexibility index (Phi) is 7.45. The molecule has 2 fully saturated rings. The van der Waals surface area contributed by atoms with Crippen molar-refractivity contribution in [3.8, 4) is 0 Å². The molecule has 0 saturated carbocycles. The summed E-state index contributed by atoms with van der Waals surface area (Å²) in [6, 6.07) is 29.1. The maximum absolute atomic E-state index is 12.4. The van der Waals surface area contributed by atoms with Crippen molar-refractivity contribution in [2.24, 2.45) is 0 Å². The standard InChI is InChI=1S/C29H32O8S/c1-28(2)35-25-24(34-27(30)26(25)36-28)23(37-38(3,31)32)19-33-29(20-13-7-4-8-14-20,21-15-9-5-10-16-21)22-17-11-6-12-18-22/h4-18,23-27,30H,19H2,1-3H3/t23-,24+,25-,26-,27?/m0/s1. The molecule has 1 N–H and O–H groups in total. The van der Waals surface area contributed by atoms with E-state index in [-0.39, 0.29) is 6.61 Å². The molecule has 3 aromatic carbocycles. The first-order chi connectivity index (χ1) is 18.1. The molecule has 2 heterocycles. The molecule has 0 aromatic heterocycles. The predicted molar refractivity (Wildman–Crippen MR) is 140 cm³/mol. The van der Waals surface area contributed by atoms with E-state index in [1.807, 2.05) is 91.0 Å². The Bertz CT molecular complexity index is 1220. The van der Waals surface area contributed by atoms with Gasteiger partial charge in [0.25, 0.3) is 10.1 Å². The normalized spacial score (nSPS) is 25.7. The zero-order valence-corrected chi connectivity index (χ0v) is 22.3. The van der Waals surface area contributed by atoms with Crippen LogP contribution in [0.15, 0.2) is 91.0 Å². The summed E-state index contributed by atoms with van der Waals surface area (Å²) in [5.41, 5.74) is 1.44. The van der Waals surface area contributed by atoms with Crippen LogP contribution in [-0.4, -0.2) is 62.9 Å². The second-order valence-corrected chi connectivity index (χ2v) is 11.6. The molecule has 0 bridgehead atoms. The van der Waals surface area contributed by atoms with Gasteiger partial charge in [-0.3, -0.25) is 4.18 Å². The minimum atomic E-state index is -3.94. The molecule has 2 aliphatic heterocycles. The van der Waals surface area contributed by atoms with Crippen molar-refractivity contribution in [1.82, 2.24) is 0 Å². The maximum atomic E-state index is 12.4. The smallest absolute Gasteiger partial charge is 0.264 e. The summed E-state index contributed by atoms with van der Waals surface area (Å²) in [5, 5.41) is 10.5. The van der Waals surface area contributed by atoms with Crippen LogP contribution in [0, 0.1) is 0 Å². The van der Waals surface area contributed by atoms with Gasteiger partial charge in [-0.2, -0.15) is 8.42 Å². The first-order valence-corrected chi connectivity index (χ1v) is 14.3. The number of hydrogen-bond acceptors (Lipinski definition) is 8. The second kappa shape index (κ2) is 10.5. The molecule has 5 rings (SSSR count). The van der Waals surface area contributed by atoms with E-state index in [0.717, 1.165) is 22.9 Å². The predicted octanol–water partition coefficient (Wildman–Crippen LogP) is 3.58. The lowest BCUT2D eigenvalue weighted by Gasteiger charge is -2.38. The minimum absolute atomic E-state index is 0.198. The van der Waals surface area contributed by atoms with Gasteiger partial charge < -0.3 is 24.1 Å². The van der Waals surface area contributed by atoms with Crippen LogP contribution in [0.2, 0.25) is 0 Å². The van der Waals surface area contributed by atoms with E-state index < -0.39 is 52.2 Å². The topological polar surface area (TPSA) is 101 Å². The first-order valence-electron chi connectivity index (χ1n) is 12.5. The van der Waals surface area contributed by atoms with Crippen molar-refractivity contribution in [3.05, 3.63) is 108 Å². The number of benzene rings is 3. The molecule has 202 valence electrons. The van der Waals surface area contributed by atoms with Crippen LogP contribution in [0.5, 0.6) is 0 Å². The Morgan fingerprint density at radius 1 is 0.842 bits per heavy atom. The van der Waals surface area contributed by atoms with Gasteiger partial charge >= 0.3 is 0 Å². The molecule has 3 aromatic rings. The highest BCUT2D eigenvalue weighted by Gasteiger charge is 2.58. The third-order valence-corrected chi connectivity index (χ3v) is 7.33. The van der Waals surface area contributed by atoms with Crippen molar-refractivity contribution < 1.29 is 36.7 Å². The van der Waals surface area contributed by atoms with Crippen LogP contribution in [0.4, 0.5) is 0 Å². The van der Waals surface area contributed by atoms with Crippen LogP contribution >= 0.6 is 0 Å². The molecule has 2 saturated heterocycles. The number of ether oxygens (including phenoxy) is 4. The summed E-state index contributed by atoms with van der Waals surface area (Å²) in [6.07, 6.45) is -3.98. The molecule has 38 heavy (non-hydrogen) atoms. The molecule has 0 spiro atoms. The van der Waals surface area contributed by atoms with E-state index in [9.17, 15) is 13.5 Å². The number of fused-ring (bicyclic) bond motifs is 1. The quantitative estimate of drug-likeness (QED) is 0.325. The van der Waals surface area contributed by atoms with Crippen LogP contribution in [0.25, 0.3) is 0 Å². The van der Waals surface area contributed by atoms with E-state index in [2.05, 4.69) is 0 Å². The van der Waals surface area contributed by atoms with Crippen molar-refractivity contribution in [1.29, 1.82) is 0 Å². The lowest BCUT2D eigenvalue weighted by atomic mass is 9.80. The van der Waals surface area contributed by atoms with Gasteiger partial charge in [0.15, 0.2) is 12.1 Å². The van der Waals surface area contributed by atoms with E-state index in [1.165, 1.54) is 0 Å². The third kappa shape index (κ3) is 5.41. The van der Waals surface area contributed by atoms with Gasteiger partial charge in [-0.25, -0.2) is 0 Å². The van der Waals surface area contributed by atoms with Crippen LogP contribution < -0.4 is 0 Å². The summed E-state index contributed by atoms with van der Waals surface area (Å²) in [5.74, 6) is -0.975. The summed E-state index contributed by atoms with van der Waals surface area (Å²) in [7, 11) is -3.94. The van der Waals surface area contributed by atoms with Gasteiger partial charge in [-0.1, -0.05) is 91.0 Å². The van der Waals surface area contributed by atoms with Gasteiger partial charge in [0, 0.05) is 0 Å². The molecule has 0 radical (unpaired) electrons. The van der Waals surface area contributed by atoms with Crippen molar-refractivity contribution in [2.75, 3.05) is 12.9 Å². The zero-order valence-electron chi connectivity index (χ0n) is 21.5. The lowest BCUT2D eigenvalue weighted by molar-refractivity contribution is -0.232. The third-order valence-electron chi connectivity index (χ3n) is 6.73. The minimum Gasteiger partial charge on any atom is -0.366 e. The molecule has 5 atom stereocenters. The van der Waals surface area contributed by atoms with Crippen molar-refractivity contribution in [3.63, 3.8) is 0 Å². The second-order valence-electron chi connectivity index (χ2n) is 9.99. The molecule has 1 unspecified atom stereocenters. The summed E-state index contributed by atoms with van der Waals surface area (Å²) >= 11 is 0. The average molecular weight is 541 g/mol.